The van der Waals surface area contributed by atoms with Gasteiger partial charge in [-0.3, -0.25) is 4.79 Å². The summed E-state index contributed by atoms with van der Waals surface area (Å²) < 4.78 is 0. The Hall–Kier alpha value is -1.51. The van der Waals surface area contributed by atoms with Crippen LogP contribution in [0.1, 0.15) is 32.8 Å². The second-order valence-corrected chi connectivity index (χ2v) is 4.87. The van der Waals surface area contributed by atoms with Crippen LogP contribution in [0.3, 0.4) is 0 Å². The molecule has 1 aromatic carbocycles. The highest BCUT2D eigenvalue weighted by Gasteiger charge is 2.16. The lowest BCUT2D eigenvalue weighted by Crippen LogP contribution is -2.16. The summed E-state index contributed by atoms with van der Waals surface area (Å²) in [6, 6.07) is 8.02. The Morgan fingerprint density at radius 2 is 1.94 bits per heavy atom. The van der Waals surface area contributed by atoms with Gasteiger partial charge in [0, 0.05) is 12.2 Å². The quantitative estimate of drug-likeness (QED) is 0.822. The number of carbonyl (C=O) groups is 1. The molecule has 0 bridgehead atoms. The maximum Gasteiger partial charge on any atom is 0.305 e. The molecule has 0 fully saturated rings. The molecule has 0 saturated heterocycles. The highest BCUT2D eigenvalue weighted by molar-refractivity contribution is 5.67. The van der Waals surface area contributed by atoms with Crippen molar-refractivity contribution in [1.29, 1.82) is 0 Å². The number of anilines is 1. The van der Waals surface area contributed by atoms with Crippen molar-refractivity contribution in [2.75, 3.05) is 11.9 Å². The summed E-state index contributed by atoms with van der Waals surface area (Å²) in [5.41, 5.74) is 2.30. The lowest BCUT2D eigenvalue weighted by Gasteiger charge is -2.23. The minimum atomic E-state index is -0.777. The molecule has 0 spiro atoms. The molecular formula is C13H19NO2. The monoisotopic (exact) mass is 221 g/mol. The van der Waals surface area contributed by atoms with Crippen molar-refractivity contribution in [2.24, 2.45) is 0 Å². The summed E-state index contributed by atoms with van der Waals surface area (Å²) >= 11 is 0. The molecule has 0 aliphatic heterocycles. The van der Waals surface area contributed by atoms with Crippen molar-refractivity contribution in [1.82, 2.24) is 0 Å². The zero-order valence-corrected chi connectivity index (χ0v) is 10.1. The summed E-state index contributed by atoms with van der Waals surface area (Å²) in [4.78, 5) is 10.4. The molecule has 1 rings (SSSR count). The van der Waals surface area contributed by atoms with E-state index in [0.29, 0.717) is 6.54 Å². The number of hydrogen-bond acceptors (Lipinski definition) is 2. The van der Waals surface area contributed by atoms with Gasteiger partial charge in [-0.2, -0.15) is 0 Å². The lowest BCUT2D eigenvalue weighted by molar-refractivity contribution is -0.136. The van der Waals surface area contributed by atoms with Crippen LogP contribution >= 0.6 is 0 Å². The van der Waals surface area contributed by atoms with Crippen LogP contribution in [0.5, 0.6) is 0 Å². The molecular weight excluding hydrogens is 202 g/mol. The maximum absolute atomic E-state index is 10.4. The first-order valence-corrected chi connectivity index (χ1v) is 5.46. The number of aliphatic carboxylic acids is 1. The first-order chi connectivity index (χ1) is 7.41. The number of rotatable bonds is 4. The van der Waals surface area contributed by atoms with Crippen molar-refractivity contribution in [3.8, 4) is 0 Å². The van der Waals surface area contributed by atoms with Crippen LogP contribution in [0.4, 0.5) is 5.69 Å². The van der Waals surface area contributed by atoms with E-state index in [1.165, 1.54) is 5.56 Å². The third-order valence-electron chi connectivity index (χ3n) is 2.39. The molecule has 0 radical (unpaired) electrons. The van der Waals surface area contributed by atoms with Gasteiger partial charge in [0.1, 0.15) is 0 Å². The maximum atomic E-state index is 10.4. The van der Waals surface area contributed by atoms with E-state index in [0.717, 1.165) is 5.69 Å². The fraction of sp³-hybridized carbons (Fsp3) is 0.462. The molecule has 16 heavy (non-hydrogen) atoms. The normalized spacial score (nSPS) is 11.2. The molecule has 0 heterocycles. The van der Waals surface area contributed by atoms with Gasteiger partial charge < -0.3 is 10.4 Å². The van der Waals surface area contributed by atoms with Gasteiger partial charge in [0.25, 0.3) is 0 Å². The Balaban J connectivity index is 2.76. The fourth-order valence-corrected chi connectivity index (χ4v) is 1.60. The summed E-state index contributed by atoms with van der Waals surface area (Å²) in [5, 5.41) is 11.8. The number of para-hydroxylation sites is 1. The van der Waals surface area contributed by atoms with Crippen molar-refractivity contribution in [3.63, 3.8) is 0 Å². The Bertz CT molecular complexity index is 366. The predicted octanol–water partition coefficient (Wildman–Crippen LogP) is 2.87. The van der Waals surface area contributed by atoms with Gasteiger partial charge in [0.15, 0.2) is 0 Å². The third kappa shape index (κ3) is 3.57. The van der Waals surface area contributed by atoms with Crippen LogP contribution < -0.4 is 5.32 Å². The van der Waals surface area contributed by atoms with E-state index in [2.05, 4.69) is 32.2 Å². The molecule has 0 unspecified atom stereocenters. The molecule has 3 nitrogen and oxygen atoms in total. The average Bonchev–Trinajstić information content (AvgIpc) is 2.16. The molecule has 2 N–H and O–H groups in total. The van der Waals surface area contributed by atoms with Crippen molar-refractivity contribution in [2.45, 2.75) is 32.6 Å². The Morgan fingerprint density at radius 1 is 1.31 bits per heavy atom. The van der Waals surface area contributed by atoms with Gasteiger partial charge in [-0.1, -0.05) is 39.0 Å². The summed E-state index contributed by atoms with van der Waals surface area (Å²) in [7, 11) is 0. The van der Waals surface area contributed by atoms with Crippen LogP contribution in [0, 0.1) is 0 Å². The molecule has 0 aliphatic rings. The molecule has 88 valence electrons. The van der Waals surface area contributed by atoms with Crippen molar-refractivity contribution < 1.29 is 9.90 Å². The minimum absolute atomic E-state index is 0.0623. The molecule has 3 heteroatoms. The molecule has 0 aromatic heterocycles. The van der Waals surface area contributed by atoms with Crippen LogP contribution in [0.15, 0.2) is 24.3 Å². The zero-order chi connectivity index (χ0) is 12.2. The summed E-state index contributed by atoms with van der Waals surface area (Å²) in [6.45, 7) is 6.89. The SMILES string of the molecule is CC(C)(C)c1ccccc1NCCC(=O)O. The van der Waals surface area contributed by atoms with Crippen LogP contribution in [-0.4, -0.2) is 17.6 Å². The first kappa shape index (κ1) is 12.6. The van der Waals surface area contributed by atoms with Gasteiger partial charge in [0.05, 0.1) is 6.42 Å². The van der Waals surface area contributed by atoms with E-state index in [9.17, 15) is 4.79 Å². The van der Waals surface area contributed by atoms with E-state index >= 15 is 0 Å². The molecule has 1 aromatic rings. The largest absolute Gasteiger partial charge is 0.481 e. The molecule has 0 atom stereocenters. The Morgan fingerprint density at radius 3 is 2.50 bits per heavy atom. The van der Waals surface area contributed by atoms with E-state index in [4.69, 9.17) is 5.11 Å². The average molecular weight is 221 g/mol. The Labute approximate surface area is 96.5 Å². The second-order valence-electron chi connectivity index (χ2n) is 4.87. The Kier molecular flexibility index (Phi) is 3.93. The first-order valence-electron chi connectivity index (χ1n) is 5.46. The minimum Gasteiger partial charge on any atom is -0.481 e. The van der Waals surface area contributed by atoms with Crippen LogP contribution in [-0.2, 0) is 10.2 Å². The fourth-order valence-electron chi connectivity index (χ4n) is 1.60. The van der Waals surface area contributed by atoms with Gasteiger partial charge in [-0.05, 0) is 17.0 Å². The van der Waals surface area contributed by atoms with Crippen LogP contribution in [0.2, 0.25) is 0 Å². The van der Waals surface area contributed by atoms with Gasteiger partial charge in [0.2, 0.25) is 0 Å². The number of carboxylic acids is 1. The number of nitrogens with one attached hydrogen (secondary N) is 1. The number of benzene rings is 1. The van der Waals surface area contributed by atoms with Crippen molar-refractivity contribution >= 4 is 11.7 Å². The van der Waals surface area contributed by atoms with E-state index in [1.807, 2.05) is 18.2 Å². The standard InChI is InChI=1S/C13H19NO2/c1-13(2,3)10-6-4-5-7-11(10)14-9-8-12(15)16/h4-7,14H,8-9H2,1-3H3,(H,15,16). The van der Waals surface area contributed by atoms with E-state index in [1.54, 1.807) is 0 Å². The van der Waals surface area contributed by atoms with E-state index < -0.39 is 5.97 Å². The molecule has 0 amide bonds. The number of hydrogen-bond donors (Lipinski definition) is 2. The van der Waals surface area contributed by atoms with Gasteiger partial charge in [-0.15, -0.1) is 0 Å². The lowest BCUT2D eigenvalue weighted by atomic mass is 9.86. The zero-order valence-electron chi connectivity index (χ0n) is 10.1. The molecule has 0 saturated carbocycles. The number of carboxylic acid groups (broad SMARTS) is 1. The smallest absolute Gasteiger partial charge is 0.305 e. The highest BCUT2D eigenvalue weighted by Crippen LogP contribution is 2.28. The third-order valence-corrected chi connectivity index (χ3v) is 2.39. The van der Waals surface area contributed by atoms with Crippen LogP contribution in [0.25, 0.3) is 0 Å². The van der Waals surface area contributed by atoms with Gasteiger partial charge >= 0.3 is 5.97 Å². The van der Waals surface area contributed by atoms with E-state index in [-0.39, 0.29) is 11.8 Å². The predicted molar refractivity (Wildman–Crippen MR) is 65.9 cm³/mol. The van der Waals surface area contributed by atoms with Crippen molar-refractivity contribution in [3.05, 3.63) is 29.8 Å². The molecule has 0 aliphatic carbocycles. The summed E-state index contributed by atoms with van der Waals surface area (Å²) in [5.74, 6) is -0.777. The summed E-state index contributed by atoms with van der Waals surface area (Å²) in [6.07, 6.45) is 0.137. The van der Waals surface area contributed by atoms with Gasteiger partial charge in [-0.25, -0.2) is 0 Å². The topological polar surface area (TPSA) is 49.3 Å². The second kappa shape index (κ2) is 5.01. The highest BCUT2D eigenvalue weighted by atomic mass is 16.4.